The van der Waals surface area contributed by atoms with Gasteiger partial charge in [-0.1, -0.05) is 0 Å². The topological polar surface area (TPSA) is 9.23 Å². The molecule has 0 aliphatic carbocycles. The van der Waals surface area contributed by atoms with Gasteiger partial charge in [-0.3, -0.25) is 0 Å². The molecule has 0 N–H and O–H groups in total. The van der Waals surface area contributed by atoms with Crippen LogP contribution in [-0.4, -0.2) is 22.8 Å². The quantitative estimate of drug-likeness (QED) is 0.708. The Labute approximate surface area is 81.0 Å². The van der Waals surface area contributed by atoms with Gasteiger partial charge >= 0.3 is 49.6 Å². The van der Waals surface area contributed by atoms with Crippen molar-refractivity contribution >= 4 is 49.6 Å². The van der Waals surface area contributed by atoms with Crippen LogP contribution in [-0.2, 0) is 4.74 Å². The van der Waals surface area contributed by atoms with Crippen LogP contribution >= 0.6 is 40.0 Å². The van der Waals surface area contributed by atoms with Crippen LogP contribution in [0.3, 0.4) is 0 Å². The molecule has 0 unspecified atom stereocenters. The molecule has 0 spiro atoms. The Morgan fingerprint density at radius 2 is 1.20 bits per heavy atom. The molecule has 1 nitrogen and oxygen atoms in total. The van der Waals surface area contributed by atoms with Gasteiger partial charge in [0.1, 0.15) is 0 Å². The van der Waals surface area contributed by atoms with Gasteiger partial charge in [-0.05, 0) is 13.8 Å². The zero-order valence-corrected chi connectivity index (χ0v) is 11.0. The predicted molar refractivity (Wildman–Crippen MR) is 51.3 cm³/mol. The monoisotopic (exact) mass is 288 g/mol. The molecule has 0 fully saturated rings. The minimum atomic E-state index is -3.11. The number of halogens is 4. The average Bonchev–Trinajstić information content (AvgIpc) is 1.63. The van der Waals surface area contributed by atoms with Crippen molar-refractivity contribution in [2.75, 3.05) is 13.2 Å². The van der Waals surface area contributed by atoms with Crippen LogP contribution in [0.4, 0.5) is 0 Å². The molecule has 0 saturated heterocycles. The molecule has 0 atom stereocenters. The molecule has 64 valence electrons. The molecule has 0 heterocycles. The first-order valence-electron chi connectivity index (χ1n) is 2.75. The Kier molecular flexibility index (Phi) is 12.4. The molecular formula is C4H10Cl4GeO. The maximum atomic E-state index is 5.01. The van der Waals surface area contributed by atoms with Crippen LogP contribution in [0.5, 0.6) is 0 Å². The van der Waals surface area contributed by atoms with Crippen LogP contribution < -0.4 is 0 Å². The first kappa shape index (κ1) is 14.2. The second-order valence-corrected chi connectivity index (χ2v) is 20.8. The molecule has 0 bridgehead atoms. The maximum absolute atomic E-state index is 5.01. The molecule has 0 rings (SSSR count). The van der Waals surface area contributed by atoms with Crippen LogP contribution in [0, 0.1) is 0 Å². The van der Waals surface area contributed by atoms with Crippen molar-refractivity contribution in [3.05, 3.63) is 0 Å². The van der Waals surface area contributed by atoms with Gasteiger partial charge in [0.25, 0.3) is 0 Å². The van der Waals surface area contributed by atoms with Crippen LogP contribution in [0.15, 0.2) is 0 Å². The van der Waals surface area contributed by atoms with Crippen molar-refractivity contribution in [3.8, 4) is 0 Å². The van der Waals surface area contributed by atoms with Gasteiger partial charge in [-0.25, -0.2) is 0 Å². The molecule has 0 aliphatic heterocycles. The summed E-state index contributed by atoms with van der Waals surface area (Å²) in [6.45, 7) is 5.67. The van der Waals surface area contributed by atoms with Crippen molar-refractivity contribution in [3.63, 3.8) is 0 Å². The normalized spacial score (nSPS) is 10.2. The number of hydrogen-bond donors (Lipinski definition) is 0. The number of ether oxygens (including phenoxy) is 1. The van der Waals surface area contributed by atoms with Gasteiger partial charge in [-0.15, -0.1) is 0 Å². The molecule has 10 heavy (non-hydrogen) atoms. The van der Waals surface area contributed by atoms with Crippen LogP contribution in [0.2, 0.25) is 0 Å². The minimum absolute atomic E-state index is 0.844. The van der Waals surface area contributed by atoms with Crippen molar-refractivity contribution in [2.45, 2.75) is 13.8 Å². The van der Waals surface area contributed by atoms with Gasteiger partial charge in [0.2, 0.25) is 0 Å². The summed E-state index contributed by atoms with van der Waals surface area (Å²) < 4.78 is 4.83. The van der Waals surface area contributed by atoms with Crippen LogP contribution in [0.25, 0.3) is 0 Å². The SMILES string of the molecule is CCOCC.[Cl][Ge]([Cl])([Cl])[Cl]. The Bertz CT molecular complexity index is 56.8. The molecule has 0 aromatic heterocycles. The molecule has 0 saturated carbocycles. The summed E-state index contributed by atoms with van der Waals surface area (Å²) in [4.78, 5) is 0. The zero-order chi connectivity index (χ0) is 8.62. The van der Waals surface area contributed by atoms with E-state index in [0.717, 1.165) is 13.2 Å². The summed E-state index contributed by atoms with van der Waals surface area (Å²) in [7, 11) is 16.9. The Morgan fingerprint density at radius 3 is 1.20 bits per heavy atom. The summed E-state index contributed by atoms with van der Waals surface area (Å²) >= 11 is 0. The van der Waals surface area contributed by atoms with Gasteiger partial charge in [0.05, 0.1) is 0 Å². The standard InChI is InChI=1S/C4H10O.Cl4Ge/c1-3-5-4-2;1-5(2,3)4/h3-4H2,1-2H3;. The Morgan fingerprint density at radius 1 is 1.00 bits per heavy atom. The van der Waals surface area contributed by atoms with E-state index in [4.69, 9.17) is 44.8 Å². The zero-order valence-electron chi connectivity index (χ0n) is 5.83. The second-order valence-electron chi connectivity index (χ2n) is 1.21. The third-order valence-electron chi connectivity index (χ3n) is 0.408. The third-order valence-corrected chi connectivity index (χ3v) is 0.408. The van der Waals surface area contributed by atoms with Gasteiger partial charge in [0, 0.05) is 13.2 Å². The fourth-order valence-corrected chi connectivity index (χ4v) is 0.204. The Hall–Kier alpha value is 1.66. The van der Waals surface area contributed by atoms with E-state index < -0.39 is 9.55 Å². The molecule has 0 amide bonds. The van der Waals surface area contributed by atoms with E-state index in [1.165, 1.54) is 0 Å². The van der Waals surface area contributed by atoms with Gasteiger partial charge in [0.15, 0.2) is 0 Å². The van der Waals surface area contributed by atoms with Crippen molar-refractivity contribution < 1.29 is 4.74 Å². The van der Waals surface area contributed by atoms with Crippen molar-refractivity contribution in [1.29, 1.82) is 0 Å². The van der Waals surface area contributed by atoms with E-state index in [2.05, 4.69) is 0 Å². The van der Waals surface area contributed by atoms with E-state index in [0.29, 0.717) is 0 Å². The first-order chi connectivity index (χ1) is 4.41. The Balaban J connectivity index is 0. The number of rotatable bonds is 2. The van der Waals surface area contributed by atoms with E-state index in [1.54, 1.807) is 0 Å². The molecule has 0 aliphatic rings. The van der Waals surface area contributed by atoms with Gasteiger partial charge < -0.3 is 4.74 Å². The van der Waals surface area contributed by atoms with E-state index in [-0.39, 0.29) is 0 Å². The molecule has 0 aromatic rings. The molecule has 0 radical (unpaired) electrons. The fourth-order valence-electron chi connectivity index (χ4n) is 0.204. The van der Waals surface area contributed by atoms with E-state index in [1.807, 2.05) is 13.8 Å². The third kappa shape index (κ3) is 54.0. The summed E-state index contributed by atoms with van der Waals surface area (Å²) in [6.07, 6.45) is 0. The summed E-state index contributed by atoms with van der Waals surface area (Å²) in [5.74, 6) is 0. The van der Waals surface area contributed by atoms with Crippen molar-refractivity contribution in [2.24, 2.45) is 0 Å². The molecular weight excluding hydrogens is 278 g/mol. The first-order valence-corrected chi connectivity index (χ1v) is 13.8. The number of hydrogen-bond acceptors (Lipinski definition) is 1. The average molecular weight is 289 g/mol. The fraction of sp³-hybridized carbons (Fsp3) is 1.00. The summed E-state index contributed by atoms with van der Waals surface area (Å²) in [5, 5.41) is 0. The summed E-state index contributed by atoms with van der Waals surface area (Å²) in [5.41, 5.74) is 0. The van der Waals surface area contributed by atoms with Crippen LogP contribution in [0.1, 0.15) is 13.8 Å². The van der Waals surface area contributed by atoms with E-state index >= 15 is 0 Å². The molecule has 0 aromatic carbocycles. The van der Waals surface area contributed by atoms with Crippen molar-refractivity contribution in [1.82, 2.24) is 0 Å². The van der Waals surface area contributed by atoms with E-state index in [9.17, 15) is 0 Å². The predicted octanol–water partition coefficient (Wildman–Crippen LogP) is 3.42. The van der Waals surface area contributed by atoms with Gasteiger partial charge in [-0.2, -0.15) is 0 Å². The summed E-state index contributed by atoms with van der Waals surface area (Å²) in [6, 6.07) is 0. The second kappa shape index (κ2) is 8.76. The molecule has 6 heteroatoms.